The predicted octanol–water partition coefficient (Wildman–Crippen LogP) is 3.91. The number of likely N-dealkylation sites (N-methyl/N-ethyl adjacent to an activating group) is 1. The van der Waals surface area contributed by atoms with Gasteiger partial charge in [-0.15, -0.1) is 0 Å². The summed E-state index contributed by atoms with van der Waals surface area (Å²) in [4.78, 5) is 1.75. The molecule has 0 amide bonds. The van der Waals surface area contributed by atoms with Gasteiger partial charge in [0.1, 0.15) is 0 Å². The molecule has 0 aliphatic rings. The summed E-state index contributed by atoms with van der Waals surface area (Å²) in [6, 6.07) is 4.50. The molecule has 0 N–H and O–H groups in total. The van der Waals surface area contributed by atoms with Crippen LogP contribution in [0, 0.1) is 0 Å². The molecular weight excluding hydrogens is 255 g/mol. The van der Waals surface area contributed by atoms with Crippen molar-refractivity contribution in [3.05, 3.63) is 29.3 Å². The molecule has 0 unspecified atom stereocenters. The Bertz CT molecular complexity index is 416. The Labute approximate surface area is 112 Å². The minimum absolute atomic E-state index is 0.157. The summed E-state index contributed by atoms with van der Waals surface area (Å²) in [5, 5.41) is 0. The summed E-state index contributed by atoms with van der Waals surface area (Å²) in [5.41, 5.74) is 0.328. The van der Waals surface area contributed by atoms with Gasteiger partial charge in [-0.25, -0.2) is 0 Å². The van der Waals surface area contributed by atoms with Crippen LogP contribution in [0.25, 0.3) is 0 Å². The van der Waals surface area contributed by atoms with Gasteiger partial charge in [0.15, 0.2) is 0 Å². The summed E-state index contributed by atoms with van der Waals surface area (Å²) in [6.45, 7) is 4.55. The number of alkyl halides is 3. The molecule has 0 saturated heterocycles. The van der Waals surface area contributed by atoms with Crippen LogP contribution in [0.4, 0.5) is 18.9 Å². The Morgan fingerprint density at radius 2 is 1.89 bits per heavy atom. The molecule has 2 nitrogen and oxygen atoms in total. The Kier molecular flexibility index (Phi) is 5.23. The average Bonchev–Trinajstić information content (AvgIpc) is 2.34. The van der Waals surface area contributed by atoms with E-state index in [-0.39, 0.29) is 5.92 Å². The zero-order chi connectivity index (χ0) is 14.6. The molecule has 0 spiro atoms. The SMILES string of the molecule is COCCN(C)c1ccc(C(C)C)c(C(F)(F)F)c1. The fraction of sp³-hybridized carbons (Fsp3) is 0.571. The fourth-order valence-electron chi connectivity index (χ4n) is 1.89. The minimum atomic E-state index is -4.32. The van der Waals surface area contributed by atoms with E-state index >= 15 is 0 Å². The van der Waals surface area contributed by atoms with Crippen LogP contribution in [0.5, 0.6) is 0 Å². The molecule has 1 aromatic rings. The maximum absolute atomic E-state index is 13.1. The predicted molar refractivity (Wildman–Crippen MR) is 70.7 cm³/mol. The van der Waals surface area contributed by atoms with Crippen LogP contribution >= 0.6 is 0 Å². The highest BCUT2D eigenvalue weighted by Crippen LogP contribution is 2.37. The second-order valence-electron chi connectivity index (χ2n) is 4.84. The molecule has 0 radical (unpaired) electrons. The molecule has 0 aliphatic heterocycles. The van der Waals surface area contributed by atoms with E-state index in [4.69, 9.17) is 4.74 Å². The van der Waals surface area contributed by atoms with Gasteiger partial charge in [0, 0.05) is 26.4 Å². The van der Waals surface area contributed by atoms with Crippen LogP contribution in [0.2, 0.25) is 0 Å². The average molecular weight is 275 g/mol. The van der Waals surface area contributed by atoms with Gasteiger partial charge in [-0.1, -0.05) is 19.9 Å². The van der Waals surface area contributed by atoms with Crippen LogP contribution < -0.4 is 4.90 Å². The van der Waals surface area contributed by atoms with Crippen molar-refractivity contribution in [2.45, 2.75) is 25.9 Å². The lowest BCUT2D eigenvalue weighted by Gasteiger charge is -2.22. The highest BCUT2D eigenvalue weighted by molar-refractivity contribution is 5.52. The first-order chi connectivity index (χ1) is 8.77. The van der Waals surface area contributed by atoms with Gasteiger partial charge in [-0.05, 0) is 23.6 Å². The van der Waals surface area contributed by atoms with E-state index in [1.54, 1.807) is 45.0 Å². The highest BCUT2D eigenvalue weighted by Gasteiger charge is 2.34. The molecule has 0 atom stereocenters. The number of halogens is 3. The maximum Gasteiger partial charge on any atom is 0.416 e. The van der Waals surface area contributed by atoms with Crippen molar-refractivity contribution in [3.63, 3.8) is 0 Å². The molecule has 108 valence electrons. The van der Waals surface area contributed by atoms with E-state index in [2.05, 4.69) is 0 Å². The van der Waals surface area contributed by atoms with Crippen LogP contribution in [0.3, 0.4) is 0 Å². The van der Waals surface area contributed by atoms with Gasteiger partial charge in [-0.2, -0.15) is 13.2 Å². The van der Waals surface area contributed by atoms with Crippen molar-refractivity contribution in [1.29, 1.82) is 0 Å². The van der Waals surface area contributed by atoms with Crippen LogP contribution in [0.15, 0.2) is 18.2 Å². The zero-order valence-electron chi connectivity index (χ0n) is 11.7. The molecular formula is C14H20F3NO. The van der Waals surface area contributed by atoms with Crippen molar-refractivity contribution in [2.75, 3.05) is 32.2 Å². The summed E-state index contributed by atoms with van der Waals surface area (Å²) in [5.74, 6) is -0.157. The lowest BCUT2D eigenvalue weighted by Crippen LogP contribution is -2.23. The number of anilines is 1. The van der Waals surface area contributed by atoms with E-state index in [1.165, 1.54) is 6.07 Å². The van der Waals surface area contributed by atoms with Gasteiger partial charge >= 0.3 is 6.18 Å². The minimum Gasteiger partial charge on any atom is -0.383 e. The number of hydrogen-bond donors (Lipinski definition) is 0. The maximum atomic E-state index is 13.1. The third kappa shape index (κ3) is 4.13. The number of benzene rings is 1. The largest absolute Gasteiger partial charge is 0.416 e. The normalized spacial score (nSPS) is 12.0. The van der Waals surface area contributed by atoms with E-state index in [0.29, 0.717) is 24.4 Å². The van der Waals surface area contributed by atoms with Crippen LogP contribution in [-0.2, 0) is 10.9 Å². The topological polar surface area (TPSA) is 12.5 Å². The van der Waals surface area contributed by atoms with Crippen LogP contribution in [-0.4, -0.2) is 27.3 Å². The molecule has 0 fully saturated rings. The molecule has 0 aromatic heterocycles. The summed E-state index contributed by atoms with van der Waals surface area (Å²) < 4.78 is 44.1. The lowest BCUT2D eigenvalue weighted by atomic mass is 9.96. The number of hydrogen-bond acceptors (Lipinski definition) is 2. The van der Waals surface area contributed by atoms with E-state index in [1.807, 2.05) is 0 Å². The highest BCUT2D eigenvalue weighted by atomic mass is 19.4. The molecule has 19 heavy (non-hydrogen) atoms. The second-order valence-corrected chi connectivity index (χ2v) is 4.84. The molecule has 0 bridgehead atoms. The fourth-order valence-corrected chi connectivity index (χ4v) is 1.89. The first-order valence-corrected chi connectivity index (χ1v) is 6.18. The van der Waals surface area contributed by atoms with Gasteiger partial charge in [0.2, 0.25) is 0 Å². The first kappa shape index (κ1) is 15.8. The molecule has 0 saturated carbocycles. The van der Waals surface area contributed by atoms with Crippen molar-refractivity contribution in [3.8, 4) is 0 Å². The van der Waals surface area contributed by atoms with E-state index < -0.39 is 11.7 Å². The second kappa shape index (κ2) is 6.28. The molecule has 5 heteroatoms. The number of ether oxygens (including phenoxy) is 1. The first-order valence-electron chi connectivity index (χ1n) is 6.18. The number of methoxy groups -OCH3 is 1. The molecule has 1 rings (SSSR count). The van der Waals surface area contributed by atoms with E-state index in [0.717, 1.165) is 0 Å². The van der Waals surface area contributed by atoms with E-state index in [9.17, 15) is 13.2 Å². The van der Waals surface area contributed by atoms with Gasteiger partial charge in [0.25, 0.3) is 0 Å². The smallest absolute Gasteiger partial charge is 0.383 e. The third-order valence-corrected chi connectivity index (χ3v) is 3.04. The monoisotopic (exact) mass is 275 g/mol. The Hall–Kier alpha value is -1.23. The quantitative estimate of drug-likeness (QED) is 0.807. The van der Waals surface area contributed by atoms with Crippen molar-refractivity contribution >= 4 is 5.69 Å². The number of rotatable bonds is 5. The standard InChI is InChI=1S/C14H20F3NO/c1-10(2)12-6-5-11(18(3)7-8-19-4)9-13(12)14(15,16)17/h5-6,9-10H,7-8H2,1-4H3. The number of nitrogens with zero attached hydrogens (tertiary/aromatic N) is 1. The van der Waals surface area contributed by atoms with Gasteiger partial charge in [-0.3, -0.25) is 0 Å². The Morgan fingerprint density at radius 3 is 2.37 bits per heavy atom. The lowest BCUT2D eigenvalue weighted by molar-refractivity contribution is -0.138. The Morgan fingerprint density at radius 1 is 1.26 bits per heavy atom. The zero-order valence-corrected chi connectivity index (χ0v) is 11.7. The van der Waals surface area contributed by atoms with Crippen LogP contribution in [0.1, 0.15) is 30.9 Å². The summed E-state index contributed by atoms with van der Waals surface area (Å²) in [6.07, 6.45) is -4.32. The van der Waals surface area contributed by atoms with Crippen molar-refractivity contribution in [1.82, 2.24) is 0 Å². The third-order valence-electron chi connectivity index (χ3n) is 3.04. The van der Waals surface area contributed by atoms with Gasteiger partial charge in [0.05, 0.1) is 12.2 Å². The molecule has 0 heterocycles. The molecule has 0 aliphatic carbocycles. The molecule has 1 aromatic carbocycles. The van der Waals surface area contributed by atoms with Crippen molar-refractivity contribution in [2.24, 2.45) is 0 Å². The Balaban J connectivity index is 3.11. The summed E-state index contributed by atoms with van der Waals surface area (Å²) >= 11 is 0. The van der Waals surface area contributed by atoms with Crippen molar-refractivity contribution < 1.29 is 17.9 Å². The summed E-state index contributed by atoms with van der Waals surface area (Å²) in [7, 11) is 3.32. The van der Waals surface area contributed by atoms with Gasteiger partial charge < -0.3 is 9.64 Å².